The molecule has 2 heterocycles. The summed E-state index contributed by atoms with van der Waals surface area (Å²) in [6, 6.07) is 6.13. The van der Waals surface area contributed by atoms with Crippen LogP contribution in [0.15, 0.2) is 48.0 Å². The first-order chi connectivity index (χ1) is 11.1. The zero-order valence-electron chi connectivity index (χ0n) is 12.3. The Morgan fingerprint density at radius 3 is 3.09 bits per heavy atom. The zero-order chi connectivity index (χ0) is 16.2. The van der Waals surface area contributed by atoms with Gasteiger partial charge in [-0.25, -0.2) is 9.37 Å². The quantitative estimate of drug-likeness (QED) is 0.705. The second-order valence-electron chi connectivity index (χ2n) is 4.83. The van der Waals surface area contributed by atoms with Crippen molar-refractivity contribution in [2.45, 2.75) is 5.16 Å². The van der Waals surface area contributed by atoms with E-state index in [1.807, 2.05) is 17.8 Å². The van der Waals surface area contributed by atoms with Crippen LogP contribution in [0.3, 0.4) is 0 Å². The van der Waals surface area contributed by atoms with Crippen molar-refractivity contribution in [1.82, 2.24) is 19.7 Å². The van der Waals surface area contributed by atoms with Gasteiger partial charge < -0.3 is 9.88 Å². The van der Waals surface area contributed by atoms with E-state index in [9.17, 15) is 9.18 Å². The van der Waals surface area contributed by atoms with E-state index >= 15 is 0 Å². The van der Waals surface area contributed by atoms with E-state index in [4.69, 9.17) is 0 Å². The molecule has 0 bridgehead atoms. The standard InChI is InChI=1S/C15H14FN5OS/c1-21-6-5-17-15(21)23-9-13(22)19-14-12(8-18-20-14)10-3-2-4-11(16)7-10/h2-8H,9H2,1H3,(H2,18,19,20,22). The summed E-state index contributed by atoms with van der Waals surface area (Å²) >= 11 is 1.33. The minimum Gasteiger partial charge on any atom is -0.329 e. The Morgan fingerprint density at radius 2 is 2.35 bits per heavy atom. The minimum absolute atomic E-state index is 0.195. The largest absolute Gasteiger partial charge is 0.329 e. The van der Waals surface area contributed by atoms with Gasteiger partial charge in [0.1, 0.15) is 11.6 Å². The average Bonchev–Trinajstić information content (AvgIpc) is 3.14. The van der Waals surface area contributed by atoms with Gasteiger partial charge in [0.05, 0.1) is 11.9 Å². The molecule has 0 fully saturated rings. The molecule has 0 aliphatic heterocycles. The number of aromatic amines is 1. The number of carbonyl (C=O) groups is 1. The summed E-state index contributed by atoms with van der Waals surface area (Å²) in [6.45, 7) is 0. The van der Waals surface area contributed by atoms with Crippen LogP contribution in [0.5, 0.6) is 0 Å². The third-order valence-corrected chi connectivity index (χ3v) is 4.21. The smallest absolute Gasteiger partial charge is 0.236 e. The van der Waals surface area contributed by atoms with Gasteiger partial charge in [0.25, 0.3) is 0 Å². The molecule has 23 heavy (non-hydrogen) atoms. The van der Waals surface area contributed by atoms with Gasteiger partial charge in [0.15, 0.2) is 5.16 Å². The molecule has 0 spiro atoms. The van der Waals surface area contributed by atoms with Gasteiger partial charge in [0, 0.05) is 25.0 Å². The van der Waals surface area contributed by atoms with Crippen molar-refractivity contribution in [3.05, 3.63) is 48.7 Å². The highest BCUT2D eigenvalue weighted by Crippen LogP contribution is 2.26. The fraction of sp³-hybridized carbons (Fsp3) is 0.133. The lowest BCUT2D eigenvalue weighted by Gasteiger charge is -2.06. The molecule has 8 heteroatoms. The number of anilines is 1. The predicted octanol–water partition coefficient (Wildman–Crippen LogP) is 2.68. The third kappa shape index (κ3) is 3.59. The minimum atomic E-state index is -0.341. The van der Waals surface area contributed by atoms with Gasteiger partial charge in [-0.3, -0.25) is 9.89 Å². The molecule has 0 atom stereocenters. The second-order valence-corrected chi connectivity index (χ2v) is 5.77. The number of hydrogen-bond donors (Lipinski definition) is 2. The normalized spacial score (nSPS) is 10.7. The number of nitrogens with zero attached hydrogens (tertiary/aromatic N) is 3. The van der Waals surface area contributed by atoms with Crippen molar-refractivity contribution in [3.63, 3.8) is 0 Å². The molecule has 2 aromatic heterocycles. The first kappa shape index (κ1) is 15.3. The number of amides is 1. The van der Waals surface area contributed by atoms with Crippen molar-refractivity contribution < 1.29 is 9.18 Å². The molecule has 118 valence electrons. The molecule has 3 rings (SSSR count). The molecule has 6 nitrogen and oxygen atoms in total. The van der Waals surface area contributed by atoms with Crippen LogP contribution < -0.4 is 5.32 Å². The fourth-order valence-corrected chi connectivity index (χ4v) is 2.79. The van der Waals surface area contributed by atoms with Crippen molar-refractivity contribution in [2.75, 3.05) is 11.1 Å². The van der Waals surface area contributed by atoms with Crippen LogP contribution in [0.25, 0.3) is 11.1 Å². The van der Waals surface area contributed by atoms with Crippen LogP contribution in [0.2, 0.25) is 0 Å². The van der Waals surface area contributed by atoms with E-state index in [1.54, 1.807) is 24.5 Å². The molecular formula is C15H14FN5OS. The molecule has 0 saturated carbocycles. The number of aromatic nitrogens is 4. The highest BCUT2D eigenvalue weighted by atomic mass is 32.2. The zero-order valence-corrected chi connectivity index (χ0v) is 13.1. The van der Waals surface area contributed by atoms with Gasteiger partial charge in [0.2, 0.25) is 5.91 Å². The molecule has 1 amide bonds. The lowest BCUT2D eigenvalue weighted by atomic mass is 10.1. The number of benzene rings is 1. The Bertz CT molecular complexity index is 829. The van der Waals surface area contributed by atoms with Crippen molar-refractivity contribution in [2.24, 2.45) is 7.05 Å². The van der Waals surface area contributed by atoms with Gasteiger partial charge in [-0.1, -0.05) is 23.9 Å². The number of nitrogens with one attached hydrogen (secondary N) is 2. The van der Waals surface area contributed by atoms with Crippen molar-refractivity contribution in [3.8, 4) is 11.1 Å². The van der Waals surface area contributed by atoms with Crippen molar-refractivity contribution in [1.29, 1.82) is 0 Å². The lowest BCUT2D eigenvalue weighted by Crippen LogP contribution is -2.15. The van der Waals surface area contributed by atoms with Crippen LogP contribution in [-0.2, 0) is 11.8 Å². The lowest BCUT2D eigenvalue weighted by molar-refractivity contribution is -0.113. The molecule has 3 aromatic rings. The third-order valence-electron chi connectivity index (χ3n) is 3.15. The highest BCUT2D eigenvalue weighted by molar-refractivity contribution is 7.99. The molecule has 0 unspecified atom stereocenters. The Hall–Kier alpha value is -2.61. The van der Waals surface area contributed by atoms with E-state index < -0.39 is 0 Å². The summed E-state index contributed by atoms with van der Waals surface area (Å²) in [5.41, 5.74) is 1.28. The Morgan fingerprint density at radius 1 is 1.48 bits per heavy atom. The van der Waals surface area contributed by atoms with Gasteiger partial charge in [-0.2, -0.15) is 5.10 Å². The van der Waals surface area contributed by atoms with Crippen molar-refractivity contribution >= 4 is 23.5 Å². The van der Waals surface area contributed by atoms with Crippen LogP contribution >= 0.6 is 11.8 Å². The maximum Gasteiger partial charge on any atom is 0.236 e. The second kappa shape index (κ2) is 6.66. The Kier molecular flexibility index (Phi) is 4.42. The summed E-state index contributed by atoms with van der Waals surface area (Å²) in [4.78, 5) is 16.2. The van der Waals surface area contributed by atoms with Crippen LogP contribution in [0.4, 0.5) is 10.2 Å². The van der Waals surface area contributed by atoms with E-state index in [2.05, 4.69) is 20.5 Å². The molecule has 0 saturated heterocycles. The molecule has 1 aromatic carbocycles. The number of H-pyrrole nitrogens is 1. The number of aryl methyl sites for hydroxylation is 1. The van der Waals surface area contributed by atoms with E-state index in [1.165, 1.54) is 23.9 Å². The molecule has 0 radical (unpaired) electrons. The first-order valence-corrected chi connectivity index (χ1v) is 7.81. The summed E-state index contributed by atoms with van der Waals surface area (Å²) in [5.74, 6) is 0.124. The topological polar surface area (TPSA) is 75.6 Å². The fourth-order valence-electron chi connectivity index (χ4n) is 2.05. The number of thioether (sulfide) groups is 1. The monoisotopic (exact) mass is 331 g/mol. The molecule has 2 N–H and O–H groups in total. The number of halogens is 1. The SMILES string of the molecule is Cn1ccnc1SCC(=O)Nc1[nH]ncc1-c1cccc(F)c1. The molecular weight excluding hydrogens is 317 g/mol. The van der Waals surface area contributed by atoms with Gasteiger partial charge >= 0.3 is 0 Å². The van der Waals surface area contributed by atoms with E-state index in [0.29, 0.717) is 16.9 Å². The number of imidazole rings is 1. The van der Waals surface area contributed by atoms with Crippen LogP contribution in [-0.4, -0.2) is 31.4 Å². The van der Waals surface area contributed by atoms with Crippen LogP contribution in [0, 0.1) is 5.82 Å². The molecule has 0 aliphatic carbocycles. The van der Waals surface area contributed by atoms with Gasteiger partial charge in [-0.05, 0) is 17.7 Å². The maximum atomic E-state index is 13.3. The predicted molar refractivity (Wildman–Crippen MR) is 86.5 cm³/mol. The Balaban J connectivity index is 1.68. The maximum absolute atomic E-state index is 13.3. The first-order valence-electron chi connectivity index (χ1n) is 6.83. The Labute approximate surface area is 136 Å². The molecule has 0 aliphatic rings. The average molecular weight is 331 g/mol. The number of rotatable bonds is 5. The summed E-state index contributed by atoms with van der Waals surface area (Å²) in [7, 11) is 1.87. The number of hydrogen-bond acceptors (Lipinski definition) is 4. The van der Waals surface area contributed by atoms with E-state index in [-0.39, 0.29) is 17.5 Å². The van der Waals surface area contributed by atoms with Gasteiger partial charge in [-0.15, -0.1) is 0 Å². The van der Waals surface area contributed by atoms with E-state index in [0.717, 1.165) is 5.16 Å². The highest BCUT2D eigenvalue weighted by Gasteiger charge is 2.12. The van der Waals surface area contributed by atoms with Crippen LogP contribution in [0.1, 0.15) is 0 Å². The summed E-state index contributed by atoms with van der Waals surface area (Å²) < 4.78 is 15.2. The summed E-state index contributed by atoms with van der Waals surface area (Å²) in [6.07, 6.45) is 5.05. The summed E-state index contributed by atoms with van der Waals surface area (Å²) in [5, 5.41) is 10.2. The number of carbonyl (C=O) groups excluding carboxylic acids is 1.